The van der Waals surface area contributed by atoms with Crippen molar-refractivity contribution in [3.8, 4) is 50.3 Å². The van der Waals surface area contributed by atoms with Crippen LogP contribution in [-0.4, -0.2) is 11.6 Å². The van der Waals surface area contributed by atoms with Gasteiger partial charge < -0.3 is 14.4 Å². The van der Waals surface area contributed by atoms with Crippen molar-refractivity contribution in [3.05, 3.63) is 247 Å². The summed E-state index contributed by atoms with van der Waals surface area (Å²) in [6.45, 7) is 0. The molecule has 4 nitrogen and oxygen atoms in total. The SMILES string of the molecule is CN1c2c(-c3ccc(N4c5ccccc5-c5c(n(-c6cccc(-c7ccccc7)c6)c6ccccc56)-c5ccccc54)cc3)cccc2C(c2ccccc2)NC1c1ccccc1. The standard InChI is InChI=1S/C59H44N4/c1-61-57-47(30-18-31-51(57)56(42-21-7-3-8-22-42)60-59(61)43-23-9-4-10-24-43)41-35-37-45(38-36-41)62-52-32-14-11-27-48(52)55-49-28-12-15-33-53(49)63(58(55)50-29-13-16-34-54(50)62)46-26-17-25-44(39-46)40-19-5-2-6-20-40/h2-39,56,59-60H,1H3. The van der Waals surface area contributed by atoms with Crippen LogP contribution in [-0.2, 0) is 0 Å². The number of aromatic nitrogens is 1. The molecule has 0 aliphatic carbocycles. The number of nitrogens with one attached hydrogen (secondary N) is 1. The predicted molar refractivity (Wildman–Crippen MR) is 262 cm³/mol. The Hall–Kier alpha value is -7.92. The Balaban J connectivity index is 1.01. The Morgan fingerprint density at radius 2 is 1.02 bits per heavy atom. The molecule has 3 heterocycles. The summed E-state index contributed by atoms with van der Waals surface area (Å²) >= 11 is 0. The number of rotatable bonds is 6. The summed E-state index contributed by atoms with van der Waals surface area (Å²) in [6, 6.07) is 84.0. The smallest absolute Gasteiger partial charge is 0.106 e. The third-order valence-corrected chi connectivity index (χ3v) is 13.0. The van der Waals surface area contributed by atoms with Crippen LogP contribution < -0.4 is 15.1 Å². The normalized spacial score (nSPS) is 15.3. The summed E-state index contributed by atoms with van der Waals surface area (Å²) < 4.78 is 2.48. The number of benzene rings is 9. The van der Waals surface area contributed by atoms with Gasteiger partial charge >= 0.3 is 0 Å². The topological polar surface area (TPSA) is 23.4 Å². The molecule has 2 unspecified atom stereocenters. The highest BCUT2D eigenvalue weighted by Gasteiger charge is 2.35. The molecule has 0 saturated heterocycles. The van der Waals surface area contributed by atoms with Crippen molar-refractivity contribution < 1.29 is 0 Å². The molecule has 63 heavy (non-hydrogen) atoms. The zero-order valence-electron chi connectivity index (χ0n) is 34.9. The van der Waals surface area contributed by atoms with Crippen LogP contribution in [0.25, 0.3) is 61.2 Å². The van der Waals surface area contributed by atoms with Gasteiger partial charge in [-0.05, 0) is 75.8 Å². The summed E-state index contributed by atoms with van der Waals surface area (Å²) in [5.74, 6) is 0. The van der Waals surface area contributed by atoms with Gasteiger partial charge in [-0.1, -0.05) is 188 Å². The minimum absolute atomic E-state index is 0.00519. The Morgan fingerprint density at radius 3 is 1.78 bits per heavy atom. The van der Waals surface area contributed by atoms with Gasteiger partial charge in [-0.3, -0.25) is 5.32 Å². The quantitative estimate of drug-likeness (QED) is 0.181. The van der Waals surface area contributed by atoms with E-state index in [1.54, 1.807) is 0 Å². The monoisotopic (exact) mass is 808 g/mol. The van der Waals surface area contributed by atoms with Crippen LogP contribution in [0.5, 0.6) is 0 Å². The minimum Gasteiger partial charge on any atom is -0.354 e. The molecule has 9 aromatic carbocycles. The van der Waals surface area contributed by atoms with E-state index >= 15 is 0 Å². The van der Waals surface area contributed by atoms with Gasteiger partial charge in [0.1, 0.15) is 6.17 Å². The summed E-state index contributed by atoms with van der Waals surface area (Å²) in [7, 11) is 2.22. The summed E-state index contributed by atoms with van der Waals surface area (Å²) in [5.41, 5.74) is 20.3. The summed E-state index contributed by atoms with van der Waals surface area (Å²) in [6.07, 6.45) is -0.00519. The van der Waals surface area contributed by atoms with Gasteiger partial charge in [-0.2, -0.15) is 0 Å². The highest BCUT2D eigenvalue weighted by Crippen LogP contribution is 2.55. The number of hydrogen-bond acceptors (Lipinski definition) is 3. The first kappa shape index (κ1) is 36.9. The number of anilines is 4. The van der Waals surface area contributed by atoms with Gasteiger partial charge in [0.25, 0.3) is 0 Å². The third-order valence-electron chi connectivity index (χ3n) is 13.0. The molecule has 2 aliphatic heterocycles. The van der Waals surface area contributed by atoms with E-state index in [-0.39, 0.29) is 12.2 Å². The lowest BCUT2D eigenvalue weighted by molar-refractivity contribution is 0.455. The van der Waals surface area contributed by atoms with Crippen molar-refractivity contribution in [2.24, 2.45) is 0 Å². The molecule has 4 heteroatoms. The fourth-order valence-corrected chi connectivity index (χ4v) is 10.2. The average Bonchev–Trinajstić information content (AvgIpc) is 3.64. The second-order valence-electron chi connectivity index (χ2n) is 16.6. The Labute approximate surface area is 368 Å². The molecule has 1 aromatic heterocycles. The lowest BCUT2D eigenvalue weighted by atomic mass is 9.88. The lowest BCUT2D eigenvalue weighted by Crippen LogP contribution is -2.43. The number of hydrogen-bond donors (Lipinski definition) is 1. The van der Waals surface area contributed by atoms with Crippen molar-refractivity contribution in [3.63, 3.8) is 0 Å². The van der Waals surface area contributed by atoms with Crippen LogP contribution >= 0.6 is 0 Å². The number of fused-ring (bicyclic) bond motifs is 8. The molecular formula is C59H44N4. The molecule has 0 amide bonds. The van der Waals surface area contributed by atoms with Crippen molar-refractivity contribution in [2.75, 3.05) is 16.8 Å². The molecule has 300 valence electrons. The van der Waals surface area contributed by atoms with E-state index < -0.39 is 0 Å². The summed E-state index contributed by atoms with van der Waals surface area (Å²) in [4.78, 5) is 4.88. The average molecular weight is 809 g/mol. The minimum atomic E-state index is -0.00519. The molecule has 0 radical (unpaired) electrons. The van der Waals surface area contributed by atoms with Crippen LogP contribution in [0.3, 0.4) is 0 Å². The zero-order valence-corrected chi connectivity index (χ0v) is 34.9. The lowest BCUT2D eigenvalue weighted by Gasteiger charge is -2.43. The highest BCUT2D eigenvalue weighted by molar-refractivity contribution is 6.13. The van der Waals surface area contributed by atoms with Gasteiger partial charge in [0, 0.05) is 46.1 Å². The number of nitrogens with zero attached hydrogens (tertiary/aromatic N) is 3. The first-order valence-electron chi connectivity index (χ1n) is 21.8. The van der Waals surface area contributed by atoms with Crippen LogP contribution in [0.1, 0.15) is 28.9 Å². The maximum Gasteiger partial charge on any atom is 0.106 e. The second kappa shape index (κ2) is 15.2. The number of para-hydroxylation sites is 4. The van der Waals surface area contributed by atoms with Crippen molar-refractivity contribution in [1.82, 2.24) is 9.88 Å². The van der Waals surface area contributed by atoms with E-state index in [2.05, 4.69) is 257 Å². The second-order valence-corrected chi connectivity index (χ2v) is 16.6. The molecule has 1 N–H and O–H groups in total. The van der Waals surface area contributed by atoms with Gasteiger partial charge in [-0.15, -0.1) is 0 Å². The third kappa shape index (κ3) is 6.10. The molecule has 2 aliphatic rings. The zero-order chi connectivity index (χ0) is 41.9. The van der Waals surface area contributed by atoms with Crippen LogP contribution in [0.15, 0.2) is 231 Å². The molecule has 0 fully saturated rings. The molecule has 0 spiro atoms. The molecule has 2 atom stereocenters. The Morgan fingerprint density at radius 1 is 0.429 bits per heavy atom. The van der Waals surface area contributed by atoms with E-state index in [1.165, 1.54) is 77.9 Å². The first-order valence-corrected chi connectivity index (χ1v) is 21.8. The van der Waals surface area contributed by atoms with E-state index in [4.69, 9.17) is 0 Å². The first-order chi connectivity index (χ1) is 31.2. The summed E-state index contributed by atoms with van der Waals surface area (Å²) in [5, 5.41) is 5.23. The van der Waals surface area contributed by atoms with E-state index in [1.807, 2.05) is 0 Å². The van der Waals surface area contributed by atoms with E-state index in [9.17, 15) is 0 Å². The van der Waals surface area contributed by atoms with Gasteiger partial charge in [0.05, 0.1) is 34.3 Å². The predicted octanol–water partition coefficient (Wildman–Crippen LogP) is 14.9. The van der Waals surface area contributed by atoms with Crippen molar-refractivity contribution in [2.45, 2.75) is 12.2 Å². The van der Waals surface area contributed by atoms with Crippen molar-refractivity contribution >= 4 is 33.7 Å². The fraction of sp³-hybridized carbons (Fsp3) is 0.0508. The van der Waals surface area contributed by atoms with Crippen molar-refractivity contribution in [1.29, 1.82) is 0 Å². The Kier molecular flexibility index (Phi) is 8.91. The maximum absolute atomic E-state index is 4.01. The largest absolute Gasteiger partial charge is 0.354 e. The van der Waals surface area contributed by atoms with Gasteiger partial charge in [0.15, 0.2) is 0 Å². The fourth-order valence-electron chi connectivity index (χ4n) is 10.2. The Bertz CT molecular complexity index is 3280. The molecular weight excluding hydrogens is 765 g/mol. The molecule has 0 bridgehead atoms. The molecule has 0 saturated carbocycles. The van der Waals surface area contributed by atoms with E-state index in [0.29, 0.717) is 0 Å². The highest BCUT2D eigenvalue weighted by atomic mass is 15.3. The maximum atomic E-state index is 4.01. The van der Waals surface area contributed by atoms with Gasteiger partial charge in [0.2, 0.25) is 0 Å². The van der Waals surface area contributed by atoms with E-state index in [0.717, 1.165) is 22.7 Å². The van der Waals surface area contributed by atoms with Crippen LogP contribution in [0.4, 0.5) is 22.7 Å². The van der Waals surface area contributed by atoms with Crippen LogP contribution in [0, 0.1) is 0 Å². The van der Waals surface area contributed by atoms with Crippen LogP contribution in [0.2, 0.25) is 0 Å². The molecule has 12 rings (SSSR count). The molecule has 10 aromatic rings. The van der Waals surface area contributed by atoms with Gasteiger partial charge in [-0.25, -0.2) is 0 Å².